The van der Waals surface area contributed by atoms with E-state index in [1.54, 1.807) is 26.4 Å². The second kappa shape index (κ2) is 11.1. The number of hydrogen-bond acceptors (Lipinski definition) is 6. The van der Waals surface area contributed by atoms with E-state index in [0.717, 1.165) is 22.1 Å². The van der Waals surface area contributed by atoms with Gasteiger partial charge in [-0.2, -0.15) is 0 Å². The van der Waals surface area contributed by atoms with Crippen molar-refractivity contribution in [2.24, 2.45) is 0 Å². The first kappa shape index (κ1) is 26.1. The number of phenols is 1. The topological polar surface area (TPSA) is 78.1 Å². The molecular weight excluding hydrogens is 492 g/mol. The van der Waals surface area contributed by atoms with Crippen molar-refractivity contribution in [3.05, 3.63) is 114 Å². The van der Waals surface area contributed by atoms with Crippen molar-refractivity contribution < 1.29 is 28.5 Å². The average molecular weight is 523 g/mol. The van der Waals surface area contributed by atoms with Crippen molar-refractivity contribution in [3.8, 4) is 22.6 Å². The van der Waals surface area contributed by atoms with Crippen LogP contribution in [0.2, 0.25) is 0 Å². The van der Waals surface area contributed by atoms with Crippen LogP contribution < -0.4 is 4.74 Å². The van der Waals surface area contributed by atoms with E-state index < -0.39 is 5.60 Å². The van der Waals surface area contributed by atoms with Crippen molar-refractivity contribution in [2.45, 2.75) is 18.4 Å². The number of fused-ring (bicyclic) bond motifs is 1. The molecule has 39 heavy (non-hydrogen) atoms. The Bertz CT molecular complexity index is 1580. The van der Waals surface area contributed by atoms with Crippen LogP contribution in [-0.4, -0.2) is 37.8 Å². The zero-order valence-electron chi connectivity index (χ0n) is 22.1. The molecule has 1 aliphatic rings. The molecular formula is C33H30O6. The maximum absolute atomic E-state index is 13.3. The molecule has 198 valence electrons. The van der Waals surface area contributed by atoms with E-state index in [2.05, 4.69) is 0 Å². The number of ketones is 1. The molecule has 0 aliphatic heterocycles. The summed E-state index contributed by atoms with van der Waals surface area (Å²) in [6, 6.07) is 23.0. The van der Waals surface area contributed by atoms with E-state index in [4.69, 9.17) is 18.6 Å². The molecule has 1 aromatic heterocycles. The van der Waals surface area contributed by atoms with Crippen LogP contribution in [-0.2, 0) is 20.7 Å². The molecule has 1 heterocycles. The van der Waals surface area contributed by atoms with E-state index in [-0.39, 0.29) is 18.0 Å². The lowest BCUT2D eigenvalue weighted by Crippen LogP contribution is -2.36. The van der Waals surface area contributed by atoms with Gasteiger partial charge in [0.05, 0.1) is 14.2 Å². The Balaban J connectivity index is 1.57. The summed E-state index contributed by atoms with van der Waals surface area (Å²) in [5.41, 5.74) is 2.92. The molecule has 0 radical (unpaired) electrons. The van der Waals surface area contributed by atoms with Crippen molar-refractivity contribution in [1.29, 1.82) is 0 Å². The van der Waals surface area contributed by atoms with Gasteiger partial charge in [-0.15, -0.1) is 0 Å². The summed E-state index contributed by atoms with van der Waals surface area (Å²) < 4.78 is 23.2. The fraction of sp³-hybridized carbons (Fsp3) is 0.182. The number of allylic oxidation sites excluding steroid dienone is 2. The Morgan fingerprint density at radius 2 is 1.67 bits per heavy atom. The molecule has 0 amide bonds. The molecule has 1 N–H and O–H groups in total. The van der Waals surface area contributed by atoms with E-state index in [1.807, 2.05) is 78.9 Å². The van der Waals surface area contributed by atoms with E-state index in [9.17, 15) is 9.90 Å². The predicted molar refractivity (Wildman–Crippen MR) is 152 cm³/mol. The van der Waals surface area contributed by atoms with Crippen molar-refractivity contribution in [2.75, 3.05) is 21.3 Å². The highest BCUT2D eigenvalue weighted by Crippen LogP contribution is 2.42. The normalized spacial score (nSPS) is 17.4. The maximum atomic E-state index is 13.3. The molecule has 0 saturated carbocycles. The van der Waals surface area contributed by atoms with Crippen molar-refractivity contribution in [1.82, 2.24) is 0 Å². The number of hydrogen-bond donors (Lipinski definition) is 1. The number of carbonyl (C=O) groups is 1. The van der Waals surface area contributed by atoms with Crippen LogP contribution in [0.3, 0.4) is 0 Å². The summed E-state index contributed by atoms with van der Waals surface area (Å²) in [5, 5.41) is 11.2. The molecule has 6 nitrogen and oxygen atoms in total. The summed E-state index contributed by atoms with van der Waals surface area (Å²) >= 11 is 0. The van der Waals surface area contributed by atoms with Crippen LogP contribution >= 0.6 is 0 Å². The summed E-state index contributed by atoms with van der Waals surface area (Å²) in [6.07, 6.45) is 8.05. The minimum absolute atomic E-state index is 0.0127. The second-order valence-corrected chi connectivity index (χ2v) is 9.32. The second-order valence-electron chi connectivity index (χ2n) is 9.32. The van der Waals surface area contributed by atoms with E-state index in [0.29, 0.717) is 34.8 Å². The standard InChI is InChI=1S/C33H30O6/c1-36-29-20-28-25(18-27(29)35)32(23-14-8-5-9-15-23)30(39-28)17-24-21-33(38-3,31(37-2)19-26(24)34)16-10-13-22-11-6-4-7-12-22/h4-15,18-21,35H,16-17H2,1-3H3/b13-10-/t33-/m1/s1. The Morgan fingerprint density at radius 3 is 2.33 bits per heavy atom. The highest BCUT2D eigenvalue weighted by molar-refractivity contribution is 6.07. The summed E-state index contributed by atoms with van der Waals surface area (Å²) in [4.78, 5) is 13.3. The predicted octanol–water partition coefficient (Wildman–Crippen LogP) is 6.88. The largest absolute Gasteiger partial charge is 0.504 e. The van der Waals surface area contributed by atoms with Gasteiger partial charge in [-0.3, -0.25) is 4.79 Å². The third-order valence-corrected chi connectivity index (χ3v) is 6.99. The lowest BCUT2D eigenvalue weighted by Gasteiger charge is -2.33. The van der Waals surface area contributed by atoms with Crippen LogP contribution in [0.1, 0.15) is 17.7 Å². The lowest BCUT2D eigenvalue weighted by molar-refractivity contribution is -0.112. The minimum Gasteiger partial charge on any atom is -0.504 e. The molecule has 0 fully saturated rings. The highest BCUT2D eigenvalue weighted by Gasteiger charge is 2.38. The SMILES string of the molecule is COC1=CC(=O)C(Cc2oc3cc(OC)c(O)cc3c2-c2ccccc2)=C[C@@]1(C/C=C\c1ccccc1)OC. The quantitative estimate of drug-likeness (QED) is 0.258. The zero-order chi connectivity index (χ0) is 27.4. The first-order valence-electron chi connectivity index (χ1n) is 12.6. The van der Waals surface area contributed by atoms with Crippen LogP contribution in [0.15, 0.2) is 107 Å². The number of furan rings is 1. The number of ether oxygens (including phenoxy) is 3. The Morgan fingerprint density at radius 1 is 0.949 bits per heavy atom. The summed E-state index contributed by atoms with van der Waals surface area (Å²) in [7, 11) is 4.64. The molecule has 5 rings (SSSR count). The fourth-order valence-electron chi connectivity index (χ4n) is 5.01. The van der Waals surface area contributed by atoms with Gasteiger partial charge < -0.3 is 23.7 Å². The molecule has 1 aliphatic carbocycles. The van der Waals surface area contributed by atoms with Crippen molar-refractivity contribution >= 4 is 22.8 Å². The third-order valence-electron chi connectivity index (χ3n) is 6.99. The molecule has 1 atom stereocenters. The van der Waals surface area contributed by atoms with Crippen LogP contribution in [0, 0.1) is 0 Å². The number of phenolic OH excluding ortho intramolecular Hbond substituents is 1. The Labute approximate surface area is 227 Å². The van der Waals surface area contributed by atoms with Gasteiger partial charge in [-0.05, 0) is 23.3 Å². The van der Waals surface area contributed by atoms with Gasteiger partial charge in [0.15, 0.2) is 17.3 Å². The summed E-state index contributed by atoms with van der Waals surface area (Å²) in [6.45, 7) is 0. The number of carbonyl (C=O) groups excluding carboxylic acids is 1. The number of aromatic hydroxyl groups is 1. The van der Waals surface area contributed by atoms with Gasteiger partial charge in [-0.25, -0.2) is 0 Å². The van der Waals surface area contributed by atoms with Crippen LogP contribution in [0.5, 0.6) is 11.5 Å². The van der Waals surface area contributed by atoms with E-state index in [1.165, 1.54) is 13.2 Å². The van der Waals surface area contributed by atoms with Crippen molar-refractivity contribution in [3.63, 3.8) is 0 Å². The third kappa shape index (κ3) is 5.11. The smallest absolute Gasteiger partial charge is 0.185 e. The first-order chi connectivity index (χ1) is 19.0. The van der Waals surface area contributed by atoms with Gasteiger partial charge in [0.25, 0.3) is 0 Å². The molecule has 0 bridgehead atoms. The highest BCUT2D eigenvalue weighted by atomic mass is 16.5. The lowest BCUT2D eigenvalue weighted by atomic mass is 9.84. The summed E-state index contributed by atoms with van der Waals surface area (Å²) in [5.74, 6) is 1.19. The number of rotatable bonds is 9. The maximum Gasteiger partial charge on any atom is 0.185 e. The minimum atomic E-state index is -0.955. The number of benzene rings is 3. The Hall–Kier alpha value is -4.55. The van der Waals surface area contributed by atoms with Gasteiger partial charge in [0.2, 0.25) is 0 Å². The van der Waals surface area contributed by atoms with Gasteiger partial charge in [0.1, 0.15) is 22.7 Å². The zero-order valence-corrected chi connectivity index (χ0v) is 22.1. The molecule has 0 spiro atoms. The average Bonchev–Trinajstić information content (AvgIpc) is 3.31. The molecule has 0 saturated heterocycles. The van der Waals surface area contributed by atoms with Gasteiger partial charge in [0, 0.05) is 48.6 Å². The molecule has 0 unspecified atom stereocenters. The monoisotopic (exact) mass is 522 g/mol. The molecule has 4 aromatic rings. The fourth-order valence-corrected chi connectivity index (χ4v) is 5.01. The van der Waals surface area contributed by atoms with Crippen LogP contribution in [0.4, 0.5) is 0 Å². The molecule has 3 aromatic carbocycles. The molecule has 6 heteroatoms. The van der Waals surface area contributed by atoms with E-state index >= 15 is 0 Å². The van der Waals surface area contributed by atoms with Crippen LogP contribution in [0.25, 0.3) is 28.2 Å². The van der Waals surface area contributed by atoms with Gasteiger partial charge in [-0.1, -0.05) is 72.8 Å². The number of methoxy groups -OCH3 is 3. The van der Waals surface area contributed by atoms with Gasteiger partial charge >= 0.3 is 0 Å². The first-order valence-corrected chi connectivity index (χ1v) is 12.6. The Kier molecular flexibility index (Phi) is 7.39.